The highest BCUT2D eigenvalue weighted by molar-refractivity contribution is 6.11. The van der Waals surface area contributed by atoms with Crippen LogP contribution < -0.4 is 0 Å². The van der Waals surface area contributed by atoms with E-state index >= 15 is 0 Å². The molecule has 1 aliphatic carbocycles. The molecular weight excluding hydrogens is 246 g/mol. The Hall–Kier alpha value is -2.48. The van der Waals surface area contributed by atoms with E-state index in [0.29, 0.717) is 0 Å². The van der Waals surface area contributed by atoms with E-state index in [9.17, 15) is 4.79 Å². The van der Waals surface area contributed by atoms with Gasteiger partial charge in [0.1, 0.15) is 0 Å². The fourth-order valence-electron chi connectivity index (χ4n) is 3.00. The normalized spacial score (nSPS) is 16.5. The summed E-state index contributed by atoms with van der Waals surface area (Å²) in [6.07, 6.45) is 2.61. The molecule has 20 heavy (non-hydrogen) atoms. The lowest BCUT2D eigenvalue weighted by atomic mass is 9.73. The van der Waals surface area contributed by atoms with Crippen LogP contribution in [-0.4, -0.2) is 10.8 Å². The van der Waals surface area contributed by atoms with Gasteiger partial charge in [0, 0.05) is 17.1 Å². The van der Waals surface area contributed by atoms with Crippen LogP contribution in [0, 0.1) is 0 Å². The molecule has 0 aliphatic heterocycles. The molecule has 0 bridgehead atoms. The summed E-state index contributed by atoms with van der Waals surface area (Å²) in [5.41, 5.74) is 4.14. The Kier molecular flexibility index (Phi) is 2.43. The minimum Gasteiger partial charge on any atom is -0.293 e. The predicted molar refractivity (Wildman–Crippen MR) is 79.0 cm³/mol. The Labute approximate surface area is 117 Å². The fraction of sp³-hybridized carbons (Fsp3) is 0.111. The molecule has 3 aromatic rings. The van der Waals surface area contributed by atoms with Crippen molar-refractivity contribution in [2.24, 2.45) is 0 Å². The summed E-state index contributed by atoms with van der Waals surface area (Å²) < 4.78 is 0. The lowest BCUT2D eigenvalue weighted by Gasteiger charge is -2.29. The van der Waals surface area contributed by atoms with Gasteiger partial charge >= 0.3 is 0 Å². The molecule has 2 nitrogen and oxygen atoms in total. The van der Waals surface area contributed by atoms with Gasteiger partial charge < -0.3 is 0 Å². The molecule has 1 unspecified atom stereocenters. The van der Waals surface area contributed by atoms with Crippen molar-refractivity contribution in [2.45, 2.75) is 12.3 Å². The lowest BCUT2D eigenvalue weighted by molar-refractivity contribution is 0.0950. The molecule has 0 saturated carbocycles. The van der Waals surface area contributed by atoms with Gasteiger partial charge in [0.15, 0.2) is 5.78 Å². The number of pyridine rings is 1. The number of nitrogens with zero attached hydrogens (tertiary/aromatic N) is 1. The first-order valence-electron chi connectivity index (χ1n) is 6.80. The molecule has 1 aliphatic rings. The van der Waals surface area contributed by atoms with E-state index < -0.39 is 0 Å². The molecule has 2 heteroatoms. The van der Waals surface area contributed by atoms with Gasteiger partial charge in [0.25, 0.3) is 0 Å². The van der Waals surface area contributed by atoms with Crippen LogP contribution in [0.3, 0.4) is 0 Å². The van der Waals surface area contributed by atoms with Crippen LogP contribution in [0.4, 0.5) is 0 Å². The van der Waals surface area contributed by atoms with Gasteiger partial charge in [0.05, 0.1) is 11.4 Å². The summed E-state index contributed by atoms with van der Waals surface area (Å²) >= 11 is 0. The quantitative estimate of drug-likeness (QED) is 0.656. The van der Waals surface area contributed by atoms with Crippen molar-refractivity contribution in [3.63, 3.8) is 0 Å². The third-order valence-corrected chi connectivity index (χ3v) is 4.08. The Morgan fingerprint density at radius 3 is 2.80 bits per heavy atom. The number of aromatic nitrogens is 1. The number of Topliss-reactive ketones (excluding diaryl/α,β-unsaturated/α-hetero) is 1. The number of benzene rings is 2. The molecule has 1 atom stereocenters. The monoisotopic (exact) mass is 259 g/mol. The average Bonchev–Trinajstić information content (AvgIpc) is 2.48. The SMILES string of the molecule is O=C(c1cccc2ncccc12)C1Cc2ccccc21. The van der Waals surface area contributed by atoms with E-state index in [1.165, 1.54) is 11.1 Å². The van der Waals surface area contributed by atoms with Gasteiger partial charge in [-0.05, 0) is 29.7 Å². The molecule has 0 saturated heterocycles. The largest absolute Gasteiger partial charge is 0.293 e. The summed E-state index contributed by atoms with van der Waals surface area (Å²) in [6.45, 7) is 0. The van der Waals surface area contributed by atoms with E-state index in [1.54, 1.807) is 6.20 Å². The second kappa shape index (κ2) is 4.27. The van der Waals surface area contributed by atoms with Crippen molar-refractivity contribution in [3.8, 4) is 0 Å². The van der Waals surface area contributed by atoms with Crippen LogP contribution in [0.5, 0.6) is 0 Å². The maximum Gasteiger partial charge on any atom is 0.171 e. The van der Waals surface area contributed by atoms with Crippen molar-refractivity contribution in [1.82, 2.24) is 4.98 Å². The number of hydrogen-bond acceptors (Lipinski definition) is 2. The number of rotatable bonds is 2. The van der Waals surface area contributed by atoms with Crippen LogP contribution in [0.25, 0.3) is 10.9 Å². The van der Waals surface area contributed by atoms with Gasteiger partial charge in [-0.3, -0.25) is 9.78 Å². The summed E-state index contributed by atoms with van der Waals surface area (Å²) in [7, 11) is 0. The molecule has 2 aromatic carbocycles. The topological polar surface area (TPSA) is 30.0 Å². The van der Waals surface area contributed by atoms with Crippen LogP contribution >= 0.6 is 0 Å². The smallest absolute Gasteiger partial charge is 0.171 e. The minimum atomic E-state index is 0.0111. The highest BCUT2D eigenvalue weighted by atomic mass is 16.1. The number of ketones is 1. The first kappa shape index (κ1) is 11.4. The zero-order valence-electron chi connectivity index (χ0n) is 10.9. The summed E-state index contributed by atoms with van der Waals surface area (Å²) in [4.78, 5) is 17.1. The highest BCUT2D eigenvalue weighted by Crippen LogP contribution is 2.38. The standard InChI is InChI=1S/C18H13NO/c20-18(16-11-12-5-1-2-6-13(12)16)15-7-3-9-17-14(15)8-4-10-19-17/h1-10,16H,11H2. The van der Waals surface area contributed by atoms with Gasteiger partial charge in [0.2, 0.25) is 0 Å². The molecule has 0 N–H and O–H groups in total. The summed E-state index contributed by atoms with van der Waals surface area (Å²) in [5.74, 6) is 0.222. The predicted octanol–water partition coefficient (Wildman–Crippen LogP) is 3.76. The second-order valence-corrected chi connectivity index (χ2v) is 5.20. The maximum atomic E-state index is 12.8. The number of hydrogen-bond donors (Lipinski definition) is 0. The van der Waals surface area contributed by atoms with Crippen LogP contribution in [0.15, 0.2) is 60.8 Å². The molecule has 0 spiro atoms. The van der Waals surface area contributed by atoms with Crippen molar-refractivity contribution in [1.29, 1.82) is 0 Å². The molecule has 1 heterocycles. The Morgan fingerprint density at radius 2 is 1.90 bits per heavy atom. The molecule has 96 valence electrons. The van der Waals surface area contributed by atoms with E-state index in [-0.39, 0.29) is 11.7 Å². The lowest BCUT2D eigenvalue weighted by Crippen LogP contribution is -2.25. The van der Waals surface area contributed by atoms with Crippen molar-refractivity contribution in [2.75, 3.05) is 0 Å². The Balaban J connectivity index is 1.80. The molecule has 0 radical (unpaired) electrons. The van der Waals surface area contributed by atoms with Gasteiger partial charge in [-0.25, -0.2) is 0 Å². The van der Waals surface area contributed by atoms with Crippen LogP contribution in [0.2, 0.25) is 0 Å². The maximum absolute atomic E-state index is 12.8. The zero-order chi connectivity index (χ0) is 13.5. The first-order chi connectivity index (χ1) is 9.84. The third kappa shape index (κ3) is 1.58. The molecule has 0 amide bonds. The number of fused-ring (bicyclic) bond motifs is 2. The van der Waals surface area contributed by atoms with Crippen molar-refractivity contribution < 1.29 is 4.79 Å². The highest BCUT2D eigenvalue weighted by Gasteiger charge is 2.32. The van der Waals surface area contributed by atoms with Crippen LogP contribution in [-0.2, 0) is 6.42 Å². The Morgan fingerprint density at radius 1 is 1.00 bits per heavy atom. The number of carbonyl (C=O) groups is 1. The van der Waals surface area contributed by atoms with E-state index in [4.69, 9.17) is 0 Å². The molecule has 1 aromatic heterocycles. The molecular formula is C18H13NO. The zero-order valence-corrected chi connectivity index (χ0v) is 10.9. The molecule has 0 fully saturated rings. The van der Waals surface area contributed by atoms with Gasteiger partial charge in [-0.2, -0.15) is 0 Å². The van der Waals surface area contributed by atoms with Crippen LogP contribution in [0.1, 0.15) is 27.4 Å². The second-order valence-electron chi connectivity index (χ2n) is 5.20. The number of carbonyl (C=O) groups excluding carboxylic acids is 1. The fourth-order valence-corrected chi connectivity index (χ4v) is 3.00. The van der Waals surface area contributed by atoms with E-state index in [1.807, 2.05) is 42.5 Å². The van der Waals surface area contributed by atoms with Crippen molar-refractivity contribution in [3.05, 3.63) is 77.5 Å². The molecule has 4 rings (SSSR count). The van der Waals surface area contributed by atoms with E-state index in [2.05, 4.69) is 17.1 Å². The van der Waals surface area contributed by atoms with Crippen molar-refractivity contribution >= 4 is 16.7 Å². The minimum absolute atomic E-state index is 0.0111. The summed E-state index contributed by atoms with van der Waals surface area (Å²) in [6, 6.07) is 17.8. The van der Waals surface area contributed by atoms with Gasteiger partial charge in [-0.1, -0.05) is 42.5 Å². The average molecular weight is 259 g/mol. The summed E-state index contributed by atoms with van der Waals surface area (Å²) in [5, 5.41) is 0.949. The van der Waals surface area contributed by atoms with Gasteiger partial charge in [-0.15, -0.1) is 0 Å². The van der Waals surface area contributed by atoms with E-state index in [0.717, 1.165) is 22.9 Å². The Bertz CT molecular complexity index is 817. The first-order valence-corrected chi connectivity index (χ1v) is 6.80. The third-order valence-electron chi connectivity index (χ3n) is 4.08.